The third-order valence-corrected chi connectivity index (χ3v) is 2.12. The summed E-state index contributed by atoms with van der Waals surface area (Å²) in [5.74, 6) is -9.47. The molecule has 0 aliphatic heterocycles. The Balaban J connectivity index is 5.65. The first-order chi connectivity index (χ1) is 9.79. The number of nitro groups is 5. The molecule has 0 bridgehead atoms. The molecule has 0 saturated carbocycles. The molecule has 0 spiro atoms. The van der Waals surface area contributed by atoms with E-state index in [1.54, 1.807) is 0 Å². The summed E-state index contributed by atoms with van der Waals surface area (Å²) in [6, 6.07) is 0. The van der Waals surface area contributed by atoms with Crippen LogP contribution in [0.15, 0.2) is 0 Å². The van der Waals surface area contributed by atoms with Crippen molar-refractivity contribution in [2.75, 3.05) is 13.1 Å². The van der Waals surface area contributed by atoms with Crippen LogP contribution < -0.4 is 0 Å². The maximum Gasteiger partial charge on any atom is 0.637 e. The average Bonchev–Trinajstić information content (AvgIpc) is 2.36. The molecular formula is C4H4F2N6O10. The van der Waals surface area contributed by atoms with Crippen LogP contribution in [0.1, 0.15) is 0 Å². The van der Waals surface area contributed by atoms with Gasteiger partial charge in [-0.15, -0.1) is 0 Å². The van der Waals surface area contributed by atoms with Gasteiger partial charge in [-0.3, -0.25) is 40.5 Å². The van der Waals surface area contributed by atoms with Crippen LogP contribution in [0, 0.1) is 50.6 Å². The fourth-order valence-corrected chi connectivity index (χ4v) is 1.00. The largest absolute Gasteiger partial charge is 0.637 e. The van der Waals surface area contributed by atoms with Crippen molar-refractivity contribution < 1.29 is 33.5 Å². The minimum Gasteiger partial charge on any atom is -0.256 e. The van der Waals surface area contributed by atoms with E-state index < -0.39 is 54.7 Å². The maximum atomic E-state index is 13.4. The minimum absolute atomic E-state index is 1.04. The van der Waals surface area contributed by atoms with Gasteiger partial charge >= 0.3 is 11.8 Å². The second kappa shape index (κ2) is 5.97. The van der Waals surface area contributed by atoms with Gasteiger partial charge in [0.05, 0.1) is 0 Å². The lowest BCUT2D eigenvalue weighted by Gasteiger charge is -2.16. The molecule has 0 aliphatic carbocycles. The number of hydrogen-bond acceptors (Lipinski definition) is 10. The molecule has 0 aliphatic rings. The predicted octanol–water partition coefficient (Wildman–Crippen LogP) is -1.17. The third kappa shape index (κ3) is 3.40. The van der Waals surface area contributed by atoms with Gasteiger partial charge in [0.1, 0.15) is 19.7 Å². The summed E-state index contributed by atoms with van der Waals surface area (Å²) in [5.41, 5.74) is 0. The van der Waals surface area contributed by atoms with Crippen molar-refractivity contribution in [3.63, 3.8) is 0 Å². The molecule has 18 heteroatoms. The van der Waals surface area contributed by atoms with Crippen molar-refractivity contribution in [1.82, 2.24) is 5.01 Å². The molecule has 0 N–H and O–H groups in total. The van der Waals surface area contributed by atoms with Crippen LogP contribution in [0.3, 0.4) is 0 Å². The lowest BCUT2D eigenvalue weighted by molar-refractivity contribution is -0.856. The van der Waals surface area contributed by atoms with Crippen LogP contribution in [0.5, 0.6) is 0 Å². The highest BCUT2D eigenvalue weighted by Gasteiger charge is 2.67. The monoisotopic (exact) mass is 334 g/mol. The van der Waals surface area contributed by atoms with Gasteiger partial charge in [0.25, 0.3) is 13.1 Å². The molecule has 0 heterocycles. The molecule has 124 valence electrons. The summed E-state index contributed by atoms with van der Waals surface area (Å²) in [7, 11) is 0. The second-order valence-electron chi connectivity index (χ2n) is 3.53. The number of halogens is 2. The zero-order chi connectivity index (χ0) is 17.9. The van der Waals surface area contributed by atoms with Crippen molar-refractivity contribution in [2.45, 2.75) is 11.8 Å². The van der Waals surface area contributed by atoms with Gasteiger partial charge < -0.3 is 0 Å². The minimum atomic E-state index is -4.73. The number of hydrazine groups is 1. The molecule has 0 amide bonds. The molecule has 0 unspecified atom stereocenters. The Morgan fingerprint density at radius 3 is 1.05 bits per heavy atom. The van der Waals surface area contributed by atoms with Crippen molar-refractivity contribution in [3.05, 3.63) is 50.6 Å². The first-order valence-corrected chi connectivity index (χ1v) is 4.64. The van der Waals surface area contributed by atoms with E-state index in [4.69, 9.17) is 0 Å². The fraction of sp³-hybridized carbons (Fsp3) is 1.00. The van der Waals surface area contributed by atoms with Crippen LogP contribution in [-0.4, -0.2) is 54.7 Å². The first kappa shape index (κ1) is 18.7. The summed E-state index contributed by atoms with van der Waals surface area (Å²) in [6.45, 7) is -4.82. The molecule has 0 fully saturated rings. The van der Waals surface area contributed by atoms with Gasteiger partial charge in [-0.25, -0.2) is 10.1 Å². The molecular weight excluding hydrogens is 330 g/mol. The van der Waals surface area contributed by atoms with E-state index in [1.165, 1.54) is 0 Å². The zero-order valence-electron chi connectivity index (χ0n) is 9.94. The molecule has 16 nitrogen and oxygen atoms in total. The Labute approximate surface area is 115 Å². The summed E-state index contributed by atoms with van der Waals surface area (Å²) in [4.78, 5) is 42.5. The zero-order valence-corrected chi connectivity index (χ0v) is 9.94. The van der Waals surface area contributed by atoms with E-state index in [2.05, 4.69) is 0 Å². The van der Waals surface area contributed by atoms with Crippen LogP contribution in [-0.2, 0) is 0 Å². The van der Waals surface area contributed by atoms with Gasteiger partial charge in [-0.05, 0) is 0 Å². The van der Waals surface area contributed by atoms with Gasteiger partial charge in [0, 0.05) is 0 Å². The van der Waals surface area contributed by atoms with Crippen LogP contribution in [0.4, 0.5) is 8.78 Å². The molecule has 0 radical (unpaired) electrons. The van der Waals surface area contributed by atoms with Crippen molar-refractivity contribution >= 4 is 0 Å². The van der Waals surface area contributed by atoms with Gasteiger partial charge in [-0.2, -0.15) is 0 Å². The number of rotatable bonds is 9. The number of alkyl halides is 2. The van der Waals surface area contributed by atoms with E-state index in [9.17, 15) is 59.4 Å². The van der Waals surface area contributed by atoms with E-state index in [-0.39, 0.29) is 0 Å². The molecule has 0 rings (SSSR count). The third-order valence-electron chi connectivity index (χ3n) is 2.12. The highest BCUT2D eigenvalue weighted by atomic mass is 19.2. The highest BCUT2D eigenvalue weighted by molar-refractivity contribution is 4.62. The quantitative estimate of drug-likeness (QED) is 0.211. The van der Waals surface area contributed by atoms with Crippen LogP contribution in [0.25, 0.3) is 0 Å². The lowest BCUT2D eigenvalue weighted by Crippen LogP contribution is -2.58. The number of hydrogen-bond donors (Lipinski definition) is 0. The summed E-state index contributed by atoms with van der Waals surface area (Å²) in [6.07, 6.45) is 0. The van der Waals surface area contributed by atoms with Crippen molar-refractivity contribution in [1.29, 1.82) is 0 Å². The Hall–Kier alpha value is -3.34. The molecule has 0 saturated heterocycles. The Morgan fingerprint density at radius 2 is 0.909 bits per heavy atom. The topological polar surface area (TPSA) is 219 Å². The van der Waals surface area contributed by atoms with E-state index in [1.807, 2.05) is 0 Å². The molecule has 0 aromatic carbocycles. The summed E-state index contributed by atoms with van der Waals surface area (Å²) < 4.78 is 26.8. The van der Waals surface area contributed by atoms with Gasteiger partial charge in [-0.1, -0.05) is 13.8 Å². The SMILES string of the molecule is O=[N+]([O-])N(CC(F)([N+](=O)[O-])[N+](=O)[O-])CC(F)([N+](=O)[O-])[N+](=O)[O-]. The number of nitrogens with zero attached hydrogens (tertiary/aromatic N) is 6. The Bertz CT molecular complexity index is 470. The fourth-order valence-electron chi connectivity index (χ4n) is 1.00. The molecule has 0 aromatic heterocycles. The van der Waals surface area contributed by atoms with Crippen LogP contribution >= 0.6 is 0 Å². The Morgan fingerprint density at radius 1 is 0.682 bits per heavy atom. The van der Waals surface area contributed by atoms with Crippen LogP contribution in [0.2, 0.25) is 0 Å². The smallest absolute Gasteiger partial charge is 0.256 e. The average molecular weight is 334 g/mol. The molecule has 0 aromatic rings. The lowest BCUT2D eigenvalue weighted by atomic mass is 10.4. The van der Waals surface area contributed by atoms with E-state index in [0.29, 0.717) is 0 Å². The standard InChI is InChI=1S/C4H4F2N6O10/c5-3(8(13)14,9(15)16)1-7(12(21)22)2-4(6,10(17)18)11(19)20/h1-2H2. The van der Waals surface area contributed by atoms with Gasteiger partial charge in [0.2, 0.25) is 0 Å². The predicted molar refractivity (Wildman–Crippen MR) is 54.2 cm³/mol. The van der Waals surface area contributed by atoms with Gasteiger partial charge in [0.15, 0.2) is 5.03 Å². The Kier molecular flexibility index (Phi) is 5.06. The molecule has 22 heavy (non-hydrogen) atoms. The van der Waals surface area contributed by atoms with Crippen molar-refractivity contribution in [2.24, 2.45) is 0 Å². The second-order valence-corrected chi connectivity index (χ2v) is 3.53. The summed E-state index contributed by atoms with van der Waals surface area (Å²) >= 11 is 0. The van der Waals surface area contributed by atoms with Crippen molar-refractivity contribution in [3.8, 4) is 0 Å². The highest BCUT2D eigenvalue weighted by Crippen LogP contribution is 2.20. The van der Waals surface area contributed by atoms with E-state index >= 15 is 0 Å². The summed E-state index contributed by atoms with van der Waals surface area (Å²) in [5, 5.41) is 48.5. The normalized spacial score (nSPS) is 11.5. The van der Waals surface area contributed by atoms with E-state index in [0.717, 1.165) is 0 Å². The molecule has 0 atom stereocenters. The maximum absolute atomic E-state index is 13.4. The first-order valence-electron chi connectivity index (χ1n) is 4.64.